The molecule has 0 saturated carbocycles. The van der Waals surface area contributed by atoms with E-state index in [0.717, 1.165) is 12.2 Å². The number of hydrogen-bond acceptors (Lipinski definition) is 2. The minimum Gasteiger partial charge on any atom is -0.497 e. The summed E-state index contributed by atoms with van der Waals surface area (Å²) in [6, 6.07) is 8.11. The van der Waals surface area contributed by atoms with Gasteiger partial charge in [0.1, 0.15) is 5.75 Å². The van der Waals surface area contributed by atoms with E-state index in [2.05, 4.69) is 13.8 Å². The third kappa shape index (κ3) is 4.54. The van der Waals surface area contributed by atoms with E-state index in [0.29, 0.717) is 5.92 Å². The maximum Gasteiger partial charge on any atom is 0.118 e. The van der Waals surface area contributed by atoms with Gasteiger partial charge in [-0.05, 0) is 30.0 Å². The molecule has 2 N–H and O–H groups in total. The molecule has 86 valence electrons. The fourth-order valence-electron chi connectivity index (χ4n) is 1.50. The third-order valence-electron chi connectivity index (χ3n) is 2.27. The van der Waals surface area contributed by atoms with Gasteiger partial charge in [-0.3, -0.25) is 0 Å². The van der Waals surface area contributed by atoms with E-state index >= 15 is 0 Å². The van der Waals surface area contributed by atoms with Crippen molar-refractivity contribution in [1.29, 1.82) is 0 Å². The first-order valence-electron chi connectivity index (χ1n) is 5.03. The van der Waals surface area contributed by atoms with Crippen molar-refractivity contribution in [2.75, 3.05) is 7.11 Å². The van der Waals surface area contributed by atoms with E-state index in [1.165, 1.54) is 5.56 Å². The monoisotopic (exact) mass is 229 g/mol. The summed E-state index contributed by atoms with van der Waals surface area (Å²) in [5.41, 5.74) is 7.23. The zero-order chi connectivity index (χ0) is 10.6. The molecule has 1 aromatic rings. The summed E-state index contributed by atoms with van der Waals surface area (Å²) in [7, 11) is 1.67. The topological polar surface area (TPSA) is 35.2 Å². The molecule has 0 spiro atoms. The van der Waals surface area contributed by atoms with E-state index < -0.39 is 0 Å². The van der Waals surface area contributed by atoms with E-state index in [4.69, 9.17) is 10.5 Å². The van der Waals surface area contributed by atoms with Gasteiger partial charge in [0, 0.05) is 6.04 Å². The van der Waals surface area contributed by atoms with Crippen LogP contribution in [-0.2, 0) is 0 Å². The van der Waals surface area contributed by atoms with Gasteiger partial charge in [0.15, 0.2) is 0 Å². The van der Waals surface area contributed by atoms with Crippen LogP contribution in [0.25, 0.3) is 0 Å². The number of benzene rings is 1. The van der Waals surface area contributed by atoms with Gasteiger partial charge in [0.25, 0.3) is 0 Å². The van der Waals surface area contributed by atoms with E-state index in [1.807, 2.05) is 24.3 Å². The Kier molecular flexibility index (Phi) is 6.37. The lowest BCUT2D eigenvalue weighted by Gasteiger charge is -2.14. The largest absolute Gasteiger partial charge is 0.497 e. The lowest BCUT2D eigenvalue weighted by Crippen LogP contribution is -2.12. The molecular weight excluding hydrogens is 210 g/mol. The van der Waals surface area contributed by atoms with Crippen LogP contribution in [-0.4, -0.2) is 7.11 Å². The molecule has 0 heterocycles. The van der Waals surface area contributed by atoms with Gasteiger partial charge in [-0.25, -0.2) is 0 Å². The SMILES string of the molecule is COc1ccc(C(N)CC(C)C)cc1.Cl. The predicted octanol–water partition coefficient (Wildman–Crippen LogP) is 3.16. The van der Waals surface area contributed by atoms with Crippen molar-refractivity contribution in [3.8, 4) is 5.75 Å². The van der Waals surface area contributed by atoms with Crippen LogP contribution < -0.4 is 10.5 Å². The van der Waals surface area contributed by atoms with Crippen LogP contribution in [0.4, 0.5) is 0 Å². The molecule has 1 atom stereocenters. The molecule has 1 unspecified atom stereocenters. The second kappa shape index (κ2) is 6.70. The number of ether oxygens (including phenoxy) is 1. The predicted molar refractivity (Wildman–Crippen MR) is 66.6 cm³/mol. The zero-order valence-corrected chi connectivity index (χ0v) is 10.4. The molecule has 0 amide bonds. The number of hydrogen-bond donors (Lipinski definition) is 1. The summed E-state index contributed by atoms with van der Waals surface area (Å²) >= 11 is 0. The normalized spacial score (nSPS) is 12.1. The first-order valence-corrected chi connectivity index (χ1v) is 5.03. The second-order valence-corrected chi connectivity index (χ2v) is 4.01. The van der Waals surface area contributed by atoms with Crippen molar-refractivity contribution in [2.45, 2.75) is 26.3 Å². The van der Waals surface area contributed by atoms with Crippen molar-refractivity contribution in [1.82, 2.24) is 0 Å². The molecule has 0 fully saturated rings. The van der Waals surface area contributed by atoms with E-state index in [-0.39, 0.29) is 18.4 Å². The molecule has 0 aliphatic carbocycles. The summed E-state index contributed by atoms with van der Waals surface area (Å²) in [4.78, 5) is 0. The summed E-state index contributed by atoms with van der Waals surface area (Å²) in [6.07, 6.45) is 1.02. The molecule has 0 aliphatic rings. The van der Waals surface area contributed by atoms with Gasteiger partial charge in [-0.1, -0.05) is 26.0 Å². The highest BCUT2D eigenvalue weighted by atomic mass is 35.5. The van der Waals surface area contributed by atoms with Crippen molar-refractivity contribution < 1.29 is 4.74 Å². The van der Waals surface area contributed by atoms with Crippen LogP contribution in [0.3, 0.4) is 0 Å². The molecule has 2 nitrogen and oxygen atoms in total. The Morgan fingerprint density at radius 2 is 1.73 bits per heavy atom. The fraction of sp³-hybridized carbons (Fsp3) is 0.500. The highest BCUT2D eigenvalue weighted by molar-refractivity contribution is 5.85. The Hall–Kier alpha value is -0.730. The number of nitrogens with two attached hydrogens (primary N) is 1. The van der Waals surface area contributed by atoms with E-state index in [9.17, 15) is 0 Å². The second-order valence-electron chi connectivity index (χ2n) is 4.01. The molecular formula is C12H20ClNO. The van der Waals surface area contributed by atoms with Gasteiger partial charge in [-0.15, -0.1) is 12.4 Å². The van der Waals surface area contributed by atoms with Gasteiger partial charge in [0.2, 0.25) is 0 Å². The molecule has 0 aromatic heterocycles. The molecule has 0 bridgehead atoms. The van der Waals surface area contributed by atoms with Gasteiger partial charge in [-0.2, -0.15) is 0 Å². The Bertz CT molecular complexity index is 271. The van der Waals surface area contributed by atoms with Crippen LogP contribution in [0.2, 0.25) is 0 Å². The molecule has 15 heavy (non-hydrogen) atoms. The van der Waals surface area contributed by atoms with Crippen LogP contribution >= 0.6 is 12.4 Å². The maximum atomic E-state index is 6.05. The number of rotatable bonds is 4. The van der Waals surface area contributed by atoms with Crippen LogP contribution in [0, 0.1) is 5.92 Å². The zero-order valence-electron chi connectivity index (χ0n) is 9.57. The average Bonchev–Trinajstić information content (AvgIpc) is 2.17. The number of halogens is 1. The lowest BCUT2D eigenvalue weighted by atomic mass is 9.98. The summed E-state index contributed by atoms with van der Waals surface area (Å²) in [6.45, 7) is 4.37. The molecule has 3 heteroatoms. The van der Waals surface area contributed by atoms with Crippen LogP contribution in [0.1, 0.15) is 31.9 Å². The fourth-order valence-corrected chi connectivity index (χ4v) is 1.50. The molecule has 0 radical (unpaired) electrons. The van der Waals surface area contributed by atoms with Crippen molar-refractivity contribution >= 4 is 12.4 Å². The van der Waals surface area contributed by atoms with Crippen LogP contribution in [0.15, 0.2) is 24.3 Å². The van der Waals surface area contributed by atoms with Crippen molar-refractivity contribution in [3.05, 3.63) is 29.8 Å². The summed E-state index contributed by atoms with van der Waals surface area (Å²) in [5, 5.41) is 0. The van der Waals surface area contributed by atoms with E-state index in [1.54, 1.807) is 7.11 Å². The standard InChI is InChI=1S/C12H19NO.ClH/c1-9(2)8-12(13)10-4-6-11(14-3)7-5-10;/h4-7,9,12H,8,13H2,1-3H3;1H. The summed E-state index contributed by atoms with van der Waals surface area (Å²) < 4.78 is 5.09. The molecule has 0 aliphatic heterocycles. The Balaban J connectivity index is 0.00000196. The minimum atomic E-state index is 0. The van der Waals surface area contributed by atoms with Gasteiger partial charge >= 0.3 is 0 Å². The maximum absolute atomic E-state index is 6.05. The Labute approximate surface area is 98.2 Å². The quantitative estimate of drug-likeness (QED) is 0.861. The van der Waals surface area contributed by atoms with Gasteiger partial charge in [0.05, 0.1) is 7.11 Å². The highest BCUT2D eigenvalue weighted by Gasteiger charge is 2.07. The van der Waals surface area contributed by atoms with Crippen molar-refractivity contribution in [3.63, 3.8) is 0 Å². The molecule has 1 rings (SSSR count). The van der Waals surface area contributed by atoms with Crippen molar-refractivity contribution in [2.24, 2.45) is 11.7 Å². The smallest absolute Gasteiger partial charge is 0.118 e. The average molecular weight is 230 g/mol. The summed E-state index contributed by atoms with van der Waals surface area (Å²) in [5.74, 6) is 1.51. The highest BCUT2D eigenvalue weighted by Crippen LogP contribution is 2.20. The third-order valence-corrected chi connectivity index (χ3v) is 2.27. The van der Waals surface area contributed by atoms with Crippen LogP contribution in [0.5, 0.6) is 5.75 Å². The Morgan fingerprint density at radius 1 is 1.20 bits per heavy atom. The van der Waals surface area contributed by atoms with Gasteiger partial charge < -0.3 is 10.5 Å². The minimum absolute atomic E-state index is 0. The number of methoxy groups -OCH3 is 1. The Morgan fingerprint density at radius 3 is 2.13 bits per heavy atom. The molecule has 1 aromatic carbocycles. The molecule has 0 saturated heterocycles. The first kappa shape index (κ1) is 14.3. The first-order chi connectivity index (χ1) is 6.63. The lowest BCUT2D eigenvalue weighted by molar-refractivity contribution is 0.414.